The number of thiophene rings is 1. The molecule has 74 valence electrons. The van der Waals surface area contributed by atoms with Gasteiger partial charge in [0, 0.05) is 13.2 Å². The van der Waals surface area contributed by atoms with Gasteiger partial charge in [-0.15, -0.1) is 11.3 Å². The molecule has 1 heterocycles. The minimum atomic E-state index is 0.272. The van der Waals surface area contributed by atoms with Crippen molar-refractivity contribution in [3.63, 3.8) is 0 Å². The standard InChI is InChI=1S/C10H17NOS/c1-3-9(7-12)6-11-10-8(2)4-5-13-10/h4-5,9,11-12H,3,6-7H2,1-2H3. The second kappa shape index (κ2) is 5.25. The number of nitrogens with one attached hydrogen (secondary N) is 1. The number of rotatable bonds is 5. The summed E-state index contributed by atoms with van der Waals surface area (Å²) in [5.74, 6) is 0.376. The quantitative estimate of drug-likeness (QED) is 0.763. The van der Waals surface area contributed by atoms with Gasteiger partial charge < -0.3 is 10.4 Å². The lowest BCUT2D eigenvalue weighted by Gasteiger charge is -2.12. The van der Waals surface area contributed by atoms with Gasteiger partial charge in [0.15, 0.2) is 0 Å². The Morgan fingerprint density at radius 2 is 2.38 bits per heavy atom. The summed E-state index contributed by atoms with van der Waals surface area (Å²) in [7, 11) is 0. The summed E-state index contributed by atoms with van der Waals surface area (Å²) in [6.45, 7) is 5.34. The van der Waals surface area contributed by atoms with E-state index in [1.54, 1.807) is 11.3 Å². The van der Waals surface area contributed by atoms with Crippen LogP contribution < -0.4 is 5.32 Å². The van der Waals surface area contributed by atoms with Crippen LogP contribution in [0.1, 0.15) is 18.9 Å². The maximum atomic E-state index is 8.99. The van der Waals surface area contributed by atoms with E-state index in [4.69, 9.17) is 5.11 Å². The van der Waals surface area contributed by atoms with Gasteiger partial charge in [0.2, 0.25) is 0 Å². The third kappa shape index (κ3) is 3.01. The van der Waals surface area contributed by atoms with E-state index < -0.39 is 0 Å². The van der Waals surface area contributed by atoms with Crippen LogP contribution in [0.25, 0.3) is 0 Å². The Hall–Kier alpha value is -0.540. The molecule has 0 radical (unpaired) electrons. The van der Waals surface area contributed by atoms with Gasteiger partial charge in [0.1, 0.15) is 0 Å². The third-order valence-corrected chi connectivity index (χ3v) is 3.22. The van der Waals surface area contributed by atoms with E-state index in [2.05, 4.69) is 30.6 Å². The zero-order chi connectivity index (χ0) is 9.68. The van der Waals surface area contributed by atoms with Crippen LogP contribution in [-0.4, -0.2) is 18.3 Å². The molecule has 2 nitrogen and oxygen atoms in total. The highest BCUT2D eigenvalue weighted by Crippen LogP contribution is 2.22. The summed E-state index contributed by atoms with van der Waals surface area (Å²) in [6, 6.07) is 2.10. The molecule has 1 atom stereocenters. The summed E-state index contributed by atoms with van der Waals surface area (Å²) < 4.78 is 0. The van der Waals surface area contributed by atoms with Crippen molar-refractivity contribution in [3.8, 4) is 0 Å². The summed E-state index contributed by atoms with van der Waals surface area (Å²) in [4.78, 5) is 0. The van der Waals surface area contributed by atoms with Crippen LogP contribution in [-0.2, 0) is 0 Å². The molecule has 0 spiro atoms. The van der Waals surface area contributed by atoms with E-state index >= 15 is 0 Å². The van der Waals surface area contributed by atoms with Crippen LogP contribution in [0.15, 0.2) is 11.4 Å². The Morgan fingerprint density at radius 1 is 1.62 bits per heavy atom. The van der Waals surface area contributed by atoms with E-state index in [0.29, 0.717) is 5.92 Å². The normalized spacial score (nSPS) is 12.8. The maximum Gasteiger partial charge on any atom is 0.0912 e. The molecule has 0 saturated carbocycles. The molecule has 0 fully saturated rings. The van der Waals surface area contributed by atoms with Gasteiger partial charge in [-0.3, -0.25) is 0 Å². The largest absolute Gasteiger partial charge is 0.396 e. The SMILES string of the molecule is CCC(CO)CNc1sccc1C. The Bertz CT molecular complexity index is 243. The van der Waals surface area contributed by atoms with Crippen molar-refractivity contribution in [2.24, 2.45) is 5.92 Å². The average molecular weight is 199 g/mol. The lowest BCUT2D eigenvalue weighted by Crippen LogP contribution is -2.16. The molecule has 0 aliphatic heterocycles. The molecule has 1 rings (SSSR count). The van der Waals surface area contributed by atoms with Gasteiger partial charge in [-0.2, -0.15) is 0 Å². The molecule has 3 heteroatoms. The molecule has 2 N–H and O–H groups in total. The van der Waals surface area contributed by atoms with Gasteiger partial charge in [0.25, 0.3) is 0 Å². The fourth-order valence-corrected chi connectivity index (χ4v) is 1.96. The van der Waals surface area contributed by atoms with E-state index in [0.717, 1.165) is 13.0 Å². The Kier molecular flexibility index (Phi) is 4.25. The molecule has 0 aromatic carbocycles. The summed E-state index contributed by atoms with van der Waals surface area (Å²) >= 11 is 1.72. The maximum absolute atomic E-state index is 8.99. The molecule has 0 bridgehead atoms. The first kappa shape index (κ1) is 10.5. The van der Waals surface area contributed by atoms with Crippen molar-refractivity contribution in [1.29, 1.82) is 0 Å². The van der Waals surface area contributed by atoms with Gasteiger partial charge >= 0.3 is 0 Å². The predicted octanol–water partition coefficient (Wildman–Crippen LogP) is 2.49. The molecule has 0 aliphatic rings. The zero-order valence-corrected chi connectivity index (χ0v) is 9.03. The number of hydrogen-bond acceptors (Lipinski definition) is 3. The van der Waals surface area contributed by atoms with Crippen LogP contribution in [0, 0.1) is 12.8 Å². The molecule has 1 unspecified atom stereocenters. The lowest BCUT2D eigenvalue weighted by molar-refractivity contribution is 0.230. The van der Waals surface area contributed by atoms with Gasteiger partial charge in [-0.05, 0) is 36.3 Å². The third-order valence-electron chi connectivity index (χ3n) is 2.25. The van der Waals surface area contributed by atoms with Crippen LogP contribution in [0.4, 0.5) is 5.00 Å². The highest BCUT2D eigenvalue weighted by molar-refractivity contribution is 7.14. The second-order valence-electron chi connectivity index (χ2n) is 3.27. The van der Waals surface area contributed by atoms with E-state index in [-0.39, 0.29) is 6.61 Å². The smallest absolute Gasteiger partial charge is 0.0912 e. The Balaban J connectivity index is 2.38. The molecular weight excluding hydrogens is 182 g/mol. The minimum absolute atomic E-state index is 0.272. The first-order valence-electron chi connectivity index (χ1n) is 4.66. The van der Waals surface area contributed by atoms with E-state index in [1.807, 2.05) is 0 Å². The van der Waals surface area contributed by atoms with Crippen LogP contribution in [0.2, 0.25) is 0 Å². The Morgan fingerprint density at radius 3 is 2.85 bits per heavy atom. The predicted molar refractivity (Wildman–Crippen MR) is 58.4 cm³/mol. The van der Waals surface area contributed by atoms with Gasteiger partial charge in [0.05, 0.1) is 5.00 Å². The minimum Gasteiger partial charge on any atom is -0.396 e. The monoisotopic (exact) mass is 199 g/mol. The lowest BCUT2D eigenvalue weighted by atomic mass is 10.1. The van der Waals surface area contributed by atoms with Gasteiger partial charge in [-0.25, -0.2) is 0 Å². The van der Waals surface area contributed by atoms with Crippen molar-refractivity contribution >= 4 is 16.3 Å². The molecule has 0 amide bonds. The fraction of sp³-hybridized carbons (Fsp3) is 0.600. The highest BCUT2D eigenvalue weighted by atomic mass is 32.1. The molecule has 0 aliphatic carbocycles. The van der Waals surface area contributed by atoms with Crippen molar-refractivity contribution in [3.05, 3.63) is 17.0 Å². The molecule has 1 aromatic heterocycles. The second-order valence-corrected chi connectivity index (χ2v) is 4.19. The van der Waals surface area contributed by atoms with Crippen LogP contribution >= 0.6 is 11.3 Å². The number of aliphatic hydroxyl groups excluding tert-OH is 1. The first-order valence-corrected chi connectivity index (χ1v) is 5.54. The number of hydrogen-bond donors (Lipinski definition) is 2. The zero-order valence-electron chi connectivity index (χ0n) is 8.21. The Labute approximate surface area is 83.6 Å². The summed E-state index contributed by atoms with van der Waals surface area (Å²) in [5.41, 5.74) is 1.29. The fourth-order valence-electron chi connectivity index (χ4n) is 1.13. The summed E-state index contributed by atoms with van der Waals surface area (Å²) in [5, 5.41) is 15.7. The van der Waals surface area contributed by atoms with Crippen molar-refractivity contribution in [2.75, 3.05) is 18.5 Å². The van der Waals surface area contributed by atoms with E-state index in [9.17, 15) is 0 Å². The number of aryl methyl sites for hydroxylation is 1. The van der Waals surface area contributed by atoms with Crippen LogP contribution in [0.5, 0.6) is 0 Å². The number of anilines is 1. The van der Waals surface area contributed by atoms with Crippen molar-refractivity contribution < 1.29 is 5.11 Å². The highest BCUT2D eigenvalue weighted by Gasteiger charge is 2.05. The number of aliphatic hydroxyl groups is 1. The molecule has 13 heavy (non-hydrogen) atoms. The molecular formula is C10H17NOS. The topological polar surface area (TPSA) is 32.3 Å². The van der Waals surface area contributed by atoms with Crippen molar-refractivity contribution in [1.82, 2.24) is 0 Å². The average Bonchev–Trinajstić information content (AvgIpc) is 2.54. The van der Waals surface area contributed by atoms with Gasteiger partial charge in [-0.1, -0.05) is 6.92 Å². The molecule has 1 aromatic rings. The summed E-state index contributed by atoms with van der Waals surface area (Å²) in [6.07, 6.45) is 1.02. The van der Waals surface area contributed by atoms with Crippen LogP contribution in [0.3, 0.4) is 0 Å². The first-order chi connectivity index (χ1) is 6.27. The van der Waals surface area contributed by atoms with Crippen molar-refractivity contribution in [2.45, 2.75) is 20.3 Å². The molecule has 0 saturated heterocycles. The van der Waals surface area contributed by atoms with E-state index in [1.165, 1.54) is 10.6 Å².